The summed E-state index contributed by atoms with van der Waals surface area (Å²) in [6, 6.07) is 4.94. The highest BCUT2D eigenvalue weighted by molar-refractivity contribution is 7.89. The minimum Gasteiger partial charge on any atom is -0.338 e. The highest BCUT2D eigenvalue weighted by Gasteiger charge is 2.29. The first-order valence-electron chi connectivity index (χ1n) is 8.68. The van der Waals surface area contributed by atoms with Crippen molar-refractivity contribution in [1.29, 1.82) is 0 Å². The third-order valence-electron chi connectivity index (χ3n) is 4.36. The van der Waals surface area contributed by atoms with Gasteiger partial charge in [0.05, 0.1) is 16.4 Å². The van der Waals surface area contributed by atoms with Gasteiger partial charge in [0, 0.05) is 44.7 Å². The van der Waals surface area contributed by atoms with E-state index in [9.17, 15) is 18.5 Å². The van der Waals surface area contributed by atoms with Gasteiger partial charge in [0.25, 0.3) is 5.69 Å². The van der Waals surface area contributed by atoms with E-state index in [1.54, 1.807) is 0 Å². The molecule has 0 spiro atoms. The number of aryl methyl sites for hydroxylation is 1. The fourth-order valence-electron chi connectivity index (χ4n) is 2.89. The molecule has 0 amide bonds. The average molecular weight is 395 g/mol. The number of nitro groups is 1. The quantitative estimate of drug-likeness (QED) is 0.510. The number of hydrogen-bond acceptors (Lipinski definition) is 8. The molecule has 1 aliphatic heterocycles. The Morgan fingerprint density at radius 1 is 1.19 bits per heavy atom. The lowest BCUT2D eigenvalue weighted by molar-refractivity contribution is -0.384. The van der Waals surface area contributed by atoms with Gasteiger partial charge in [0.15, 0.2) is 5.82 Å². The molecule has 0 saturated carbocycles. The van der Waals surface area contributed by atoms with Crippen molar-refractivity contribution in [2.75, 3.05) is 26.2 Å². The highest BCUT2D eigenvalue weighted by Crippen LogP contribution is 2.21. The topological polar surface area (TPSA) is 123 Å². The molecule has 1 fully saturated rings. The third-order valence-corrected chi connectivity index (χ3v) is 6.27. The van der Waals surface area contributed by atoms with Crippen LogP contribution in [0.2, 0.25) is 0 Å². The molecular formula is C16H21N5O5S. The summed E-state index contributed by atoms with van der Waals surface area (Å²) < 4.78 is 32.0. The van der Waals surface area contributed by atoms with Crippen molar-refractivity contribution < 1.29 is 17.9 Å². The van der Waals surface area contributed by atoms with E-state index < -0.39 is 14.9 Å². The lowest BCUT2D eigenvalue weighted by Crippen LogP contribution is -2.48. The minimum atomic E-state index is -3.67. The maximum atomic E-state index is 12.7. The molecule has 0 N–H and O–H groups in total. The summed E-state index contributed by atoms with van der Waals surface area (Å²) in [4.78, 5) is 16.6. The Balaban J connectivity index is 1.59. The molecule has 0 atom stereocenters. The van der Waals surface area contributed by atoms with Gasteiger partial charge in [0.2, 0.25) is 15.9 Å². The van der Waals surface area contributed by atoms with Crippen molar-refractivity contribution in [1.82, 2.24) is 19.3 Å². The molecule has 2 heterocycles. The van der Waals surface area contributed by atoms with Crippen LogP contribution in [0.5, 0.6) is 0 Å². The van der Waals surface area contributed by atoms with Crippen molar-refractivity contribution in [3.05, 3.63) is 46.1 Å². The second-order valence-corrected chi connectivity index (χ2v) is 8.22. The molecule has 3 rings (SSSR count). The molecule has 1 aromatic carbocycles. The number of benzene rings is 1. The van der Waals surface area contributed by atoms with Crippen molar-refractivity contribution in [2.24, 2.45) is 0 Å². The maximum Gasteiger partial charge on any atom is 0.269 e. The summed E-state index contributed by atoms with van der Waals surface area (Å²) in [6.45, 7) is 4.27. The number of nitrogens with zero attached hydrogens (tertiary/aromatic N) is 5. The van der Waals surface area contributed by atoms with Crippen LogP contribution in [0.25, 0.3) is 0 Å². The molecule has 1 aromatic heterocycles. The molecule has 0 unspecified atom stereocenters. The second kappa shape index (κ2) is 8.11. The molecular weight excluding hydrogens is 374 g/mol. The molecule has 0 radical (unpaired) electrons. The van der Waals surface area contributed by atoms with Gasteiger partial charge < -0.3 is 4.52 Å². The molecule has 10 nitrogen and oxygen atoms in total. The second-order valence-electron chi connectivity index (χ2n) is 6.29. The molecule has 27 heavy (non-hydrogen) atoms. The van der Waals surface area contributed by atoms with E-state index in [0.29, 0.717) is 44.4 Å². The Kier molecular flexibility index (Phi) is 5.82. The number of piperazine rings is 1. The van der Waals surface area contributed by atoms with E-state index in [-0.39, 0.29) is 10.6 Å². The summed E-state index contributed by atoms with van der Waals surface area (Å²) in [5.41, 5.74) is -0.138. The van der Waals surface area contributed by atoms with Crippen LogP contribution in [-0.4, -0.2) is 58.9 Å². The Labute approximate surface area is 157 Å². The van der Waals surface area contributed by atoms with Gasteiger partial charge in [-0.2, -0.15) is 9.29 Å². The fourth-order valence-corrected chi connectivity index (χ4v) is 4.31. The van der Waals surface area contributed by atoms with E-state index in [1.807, 2.05) is 6.92 Å². The summed E-state index contributed by atoms with van der Waals surface area (Å²) in [5.74, 6) is 1.22. The van der Waals surface area contributed by atoms with Crippen molar-refractivity contribution in [2.45, 2.75) is 31.2 Å². The van der Waals surface area contributed by atoms with Gasteiger partial charge in [0.1, 0.15) is 0 Å². The van der Waals surface area contributed by atoms with Gasteiger partial charge in [-0.3, -0.25) is 15.0 Å². The molecule has 1 saturated heterocycles. The van der Waals surface area contributed by atoms with Crippen LogP contribution in [0, 0.1) is 10.1 Å². The van der Waals surface area contributed by atoms with Crippen molar-refractivity contribution >= 4 is 15.7 Å². The molecule has 1 aliphatic rings. The van der Waals surface area contributed by atoms with Crippen LogP contribution < -0.4 is 0 Å². The zero-order chi connectivity index (χ0) is 19.4. The lowest BCUT2D eigenvalue weighted by atomic mass is 10.3. The number of non-ortho nitro benzene ring substituents is 1. The smallest absolute Gasteiger partial charge is 0.269 e. The van der Waals surface area contributed by atoms with Crippen molar-refractivity contribution in [3.8, 4) is 0 Å². The molecule has 0 aliphatic carbocycles. The predicted molar refractivity (Wildman–Crippen MR) is 95.4 cm³/mol. The fraction of sp³-hybridized carbons (Fsp3) is 0.500. The number of sulfonamides is 1. The number of nitro benzene ring substituents is 1. The van der Waals surface area contributed by atoms with E-state index in [0.717, 1.165) is 12.8 Å². The van der Waals surface area contributed by atoms with Crippen LogP contribution >= 0.6 is 0 Å². The minimum absolute atomic E-state index is 0.0580. The first-order valence-corrected chi connectivity index (χ1v) is 10.1. The van der Waals surface area contributed by atoms with Crippen LogP contribution in [-0.2, 0) is 23.0 Å². The number of hydrogen-bond donors (Lipinski definition) is 0. The first-order chi connectivity index (χ1) is 12.9. The van der Waals surface area contributed by atoms with Crippen LogP contribution in [0.3, 0.4) is 0 Å². The number of aromatic nitrogens is 2. The number of rotatable bonds is 7. The first kappa shape index (κ1) is 19.4. The lowest BCUT2D eigenvalue weighted by Gasteiger charge is -2.33. The average Bonchev–Trinajstić information content (AvgIpc) is 3.09. The summed E-state index contributed by atoms with van der Waals surface area (Å²) in [5, 5.41) is 14.6. The van der Waals surface area contributed by atoms with Gasteiger partial charge in [-0.25, -0.2) is 8.42 Å². The Bertz CT molecular complexity index is 888. The summed E-state index contributed by atoms with van der Waals surface area (Å²) in [7, 11) is -3.67. The Morgan fingerprint density at radius 3 is 2.44 bits per heavy atom. The summed E-state index contributed by atoms with van der Waals surface area (Å²) >= 11 is 0. The van der Waals surface area contributed by atoms with Crippen LogP contribution in [0.1, 0.15) is 25.1 Å². The molecule has 0 bridgehead atoms. The highest BCUT2D eigenvalue weighted by atomic mass is 32.2. The zero-order valence-corrected chi connectivity index (χ0v) is 15.8. The SMILES string of the molecule is CCCc1noc(CN2CCN(S(=O)(=O)c3ccc([N+](=O)[O-])cc3)CC2)n1. The third kappa shape index (κ3) is 4.49. The van der Waals surface area contributed by atoms with Gasteiger partial charge in [-0.15, -0.1) is 0 Å². The Morgan fingerprint density at radius 2 is 1.85 bits per heavy atom. The molecule has 2 aromatic rings. The van der Waals surface area contributed by atoms with Crippen LogP contribution in [0.15, 0.2) is 33.7 Å². The standard InChI is InChI=1S/C16H21N5O5S/c1-2-3-15-17-16(26-18-15)12-19-8-10-20(11-9-19)27(24,25)14-6-4-13(5-7-14)21(22)23/h4-7H,2-3,8-12H2,1H3. The van der Waals surface area contributed by atoms with Gasteiger partial charge >= 0.3 is 0 Å². The molecule has 11 heteroatoms. The van der Waals surface area contributed by atoms with E-state index in [4.69, 9.17) is 4.52 Å². The maximum absolute atomic E-state index is 12.7. The van der Waals surface area contributed by atoms with Gasteiger partial charge in [-0.05, 0) is 18.6 Å². The monoisotopic (exact) mass is 395 g/mol. The largest absolute Gasteiger partial charge is 0.338 e. The van der Waals surface area contributed by atoms with Crippen molar-refractivity contribution in [3.63, 3.8) is 0 Å². The van der Waals surface area contributed by atoms with E-state index in [2.05, 4.69) is 15.0 Å². The van der Waals surface area contributed by atoms with E-state index >= 15 is 0 Å². The zero-order valence-electron chi connectivity index (χ0n) is 14.9. The van der Waals surface area contributed by atoms with Gasteiger partial charge in [-0.1, -0.05) is 12.1 Å². The Hall–Kier alpha value is -2.37. The normalized spacial score (nSPS) is 16.5. The predicted octanol–water partition coefficient (Wildman–Crippen LogP) is 1.44. The molecule has 146 valence electrons. The van der Waals surface area contributed by atoms with Crippen LogP contribution in [0.4, 0.5) is 5.69 Å². The summed E-state index contributed by atoms with van der Waals surface area (Å²) in [6.07, 6.45) is 1.71. The van der Waals surface area contributed by atoms with E-state index in [1.165, 1.54) is 28.6 Å².